The molecule has 0 saturated carbocycles. The Morgan fingerprint density at radius 3 is 2.78 bits per heavy atom. The zero-order valence-corrected chi connectivity index (χ0v) is 10.9. The highest BCUT2D eigenvalue weighted by molar-refractivity contribution is 5.48. The number of aryl methyl sites for hydroxylation is 1. The number of ether oxygens (including phenoxy) is 1. The molecule has 0 aliphatic rings. The maximum atomic E-state index is 10.9. The predicted molar refractivity (Wildman–Crippen MR) is 71.1 cm³/mol. The van der Waals surface area contributed by atoms with E-state index < -0.39 is 4.92 Å². The van der Waals surface area contributed by atoms with Gasteiger partial charge in [-0.15, -0.1) is 0 Å². The molecule has 0 bridgehead atoms. The first-order chi connectivity index (χ1) is 8.69. The van der Waals surface area contributed by atoms with Gasteiger partial charge in [-0.05, 0) is 37.6 Å². The minimum Gasteiger partial charge on any atom is -0.487 e. The van der Waals surface area contributed by atoms with E-state index >= 15 is 0 Å². The third kappa shape index (κ3) is 4.33. The Morgan fingerprint density at radius 1 is 1.39 bits per heavy atom. The van der Waals surface area contributed by atoms with Gasteiger partial charge in [-0.1, -0.05) is 19.9 Å². The summed E-state index contributed by atoms with van der Waals surface area (Å²) in [5, 5.41) is 14.1. The summed E-state index contributed by atoms with van der Waals surface area (Å²) in [5.41, 5.74) is 1.000. The molecule has 0 aliphatic heterocycles. The Labute approximate surface area is 107 Å². The topological polar surface area (TPSA) is 64.4 Å². The quantitative estimate of drug-likeness (QED) is 0.438. The van der Waals surface area contributed by atoms with Crippen LogP contribution in [0.1, 0.15) is 25.8 Å². The van der Waals surface area contributed by atoms with Crippen LogP contribution in [0.5, 0.6) is 5.75 Å². The lowest BCUT2D eigenvalue weighted by atomic mass is 10.1. The van der Waals surface area contributed by atoms with Crippen molar-refractivity contribution in [2.45, 2.75) is 26.7 Å². The average molecular weight is 252 g/mol. The number of nitro groups is 1. The molecule has 0 unspecified atom stereocenters. The van der Waals surface area contributed by atoms with Crippen LogP contribution in [0.15, 0.2) is 18.2 Å². The molecule has 1 aromatic carbocycles. The number of benzene rings is 1. The molecule has 0 saturated heterocycles. The lowest BCUT2D eigenvalue weighted by molar-refractivity contribution is -0.385. The standard InChI is InChI=1S/C13H20N2O3/c1-3-11-6-7-13(12(10-11)15(16)17)18-9-5-8-14-4-2/h6-7,10,14H,3-5,8-9H2,1-2H3. The van der Waals surface area contributed by atoms with E-state index in [2.05, 4.69) is 5.32 Å². The number of rotatable bonds is 8. The second-order valence-corrected chi connectivity index (χ2v) is 3.97. The van der Waals surface area contributed by atoms with Crippen LogP contribution < -0.4 is 10.1 Å². The van der Waals surface area contributed by atoms with Gasteiger partial charge < -0.3 is 10.1 Å². The molecule has 0 aromatic heterocycles. The number of nitrogens with one attached hydrogen (secondary N) is 1. The number of nitro benzene ring substituents is 1. The Balaban J connectivity index is 2.61. The van der Waals surface area contributed by atoms with Crippen molar-refractivity contribution in [2.24, 2.45) is 0 Å². The van der Waals surface area contributed by atoms with E-state index in [4.69, 9.17) is 4.74 Å². The van der Waals surface area contributed by atoms with Gasteiger partial charge in [-0.25, -0.2) is 0 Å². The maximum absolute atomic E-state index is 10.9. The lowest BCUT2D eigenvalue weighted by Crippen LogP contribution is -2.16. The molecule has 0 atom stereocenters. The Morgan fingerprint density at radius 2 is 2.17 bits per heavy atom. The van der Waals surface area contributed by atoms with E-state index in [0.29, 0.717) is 12.4 Å². The fraction of sp³-hybridized carbons (Fsp3) is 0.538. The molecule has 1 aromatic rings. The van der Waals surface area contributed by atoms with Gasteiger partial charge in [-0.3, -0.25) is 10.1 Å². The number of hydrogen-bond donors (Lipinski definition) is 1. The molecular formula is C13H20N2O3. The van der Waals surface area contributed by atoms with Gasteiger partial charge in [0, 0.05) is 6.07 Å². The third-order valence-corrected chi connectivity index (χ3v) is 2.63. The molecule has 18 heavy (non-hydrogen) atoms. The molecule has 0 radical (unpaired) electrons. The molecule has 0 heterocycles. The van der Waals surface area contributed by atoms with Gasteiger partial charge in [0.15, 0.2) is 5.75 Å². The Bertz CT molecular complexity index is 394. The fourth-order valence-corrected chi connectivity index (χ4v) is 1.60. The van der Waals surface area contributed by atoms with E-state index in [1.807, 2.05) is 19.9 Å². The summed E-state index contributed by atoms with van der Waals surface area (Å²) >= 11 is 0. The minimum absolute atomic E-state index is 0.0535. The molecule has 1 rings (SSSR count). The van der Waals surface area contributed by atoms with Crippen LogP contribution >= 0.6 is 0 Å². The average Bonchev–Trinajstić information content (AvgIpc) is 2.38. The SMILES string of the molecule is CCNCCCOc1ccc(CC)cc1[N+](=O)[O-]. The minimum atomic E-state index is -0.390. The fourth-order valence-electron chi connectivity index (χ4n) is 1.60. The summed E-state index contributed by atoms with van der Waals surface area (Å²) < 4.78 is 5.46. The van der Waals surface area contributed by atoms with Crippen LogP contribution in [0, 0.1) is 10.1 Å². The van der Waals surface area contributed by atoms with Gasteiger partial charge in [0.2, 0.25) is 0 Å². The summed E-state index contributed by atoms with van der Waals surface area (Å²) in [6.07, 6.45) is 1.61. The molecule has 0 amide bonds. The molecule has 1 N–H and O–H groups in total. The molecular weight excluding hydrogens is 232 g/mol. The summed E-state index contributed by atoms with van der Waals surface area (Å²) in [6, 6.07) is 5.14. The summed E-state index contributed by atoms with van der Waals surface area (Å²) in [6.45, 7) is 6.27. The highest BCUT2D eigenvalue weighted by Gasteiger charge is 2.15. The second kappa shape index (κ2) is 7.66. The number of nitrogens with zero attached hydrogens (tertiary/aromatic N) is 1. The van der Waals surface area contributed by atoms with Gasteiger partial charge in [0.1, 0.15) is 0 Å². The molecule has 5 nitrogen and oxygen atoms in total. The van der Waals surface area contributed by atoms with E-state index in [1.165, 1.54) is 0 Å². The predicted octanol–water partition coefficient (Wildman–Crippen LogP) is 2.54. The van der Waals surface area contributed by atoms with E-state index in [9.17, 15) is 10.1 Å². The van der Waals surface area contributed by atoms with E-state index in [0.717, 1.165) is 31.5 Å². The van der Waals surface area contributed by atoms with Gasteiger partial charge in [0.05, 0.1) is 11.5 Å². The lowest BCUT2D eigenvalue weighted by Gasteiger charge is -2.08. The first-order valence-corrected chi connectivity index (χ1v) is 6.29. The van der Waals surface area contributed by atoms with E-state index in [1.54, 1.807) is 12.1 Å². The van der Waals surface area contributed by atoms with Crippen LogP contribution in [0.25, 0.3) is 0 Å². The normalized spacial score (nSPS) is 10.3. The van der Waals surface area contributed by atoms with E-state index in [-0.39, 0.29) is 5.69 Å². The van der Waals surface area contributed by atoms with Crippen molar-refractivity contribution in [2.75, 3.05) is 19.7 Å². The first-order valence-electron chi connectivity index (χ1n) is 6.29. The molecule has 5 heteroatoms. The van der Waals surface area contributed by atoms with Crippen LogP contribution in [0.4, 0.5) is 5.69 Å². The highest BCUT2D eigenvalue weighted by atomic mass is 16.6. The summed E-state index contributed by atoms with van der Waals surface area (Å²) in [7, 11) is 0. The van der Waals surface area contributed by atoms with Crippen LogP contribution in [0.3, 0.4) is 0 Å². The smallest absolute Gasteiger partial charge is 0.311 e. The van der Waals surface area contributed by atoms with Crippen molar-refractivity contribution in [3.63, 3.8) is 0 Å². The van der Waals surface area contributed by atoms with Crippen LogP contribution in [0.2, 0.25) is 0 Å². The maximum Gasteiger partial charge on any atom is 0.311 e. The van der Waals surface area contributed by atoms with Crippen LogP contribution in [-0.2, 0) is 6.42 Å². The Hall–Kier alpha value is -1.62. The number of hydrogen-bond acceptors (Lipinski definition) is 4. The van der Waals surface area contributed by atoms with Crippen molar-refractivity contribution in [3.8, 4) is 5.75 Å². The third-order valence-electron chi connectivity index (χ3n) is 2.63. The first kappa shape index (κ1) is 14.4. The Kier molecular flexibility index (Phi) is 6.14. The van der Waals surface area contributed by atoms with Crippen LogP contribution in [-0.4, -0.2) is 24.6 Å². The van der Waals surface area contributed by atoms with Gasteiger partial charge in [-0.2, -0.15) is 0 Å². The van der Waals surface area contributed by atoms with Gasteiger partial charge in [0.25, 0.3) is 0 Å². The second-order valence-electron chi connectivity index (χ2n) is 3.97. The zero-order chi connectivity index (χ0) is 13.4. The highest BCUT2D eigenvalue weighted by Crippen LogP contribution is 2.28. The van der Waals surface area contributed by atoms with Crippen molar-refractivity contribution in [1.29, 1.82) is 0 Å². The van der Waals surface area contributed by atoms with Crippen molar-refractivity contribution < 1.29 is 9.66 Å². The molecule has 0 fully saturated rings. The molecule has 0 aliphatic carbocycles. The molecule has 100 valence electrons. The summed E-state index contributed by atoms with van der Waals surface area (Å²) in [4.78, 5) is 10.5. The molecule has 0 spiro atoms. The van der Waals surface area contributed by atoms with Crippen molar-refractivity contribution in [3.05, 3.63) is 33.9 Å². The monoisotopic (exact) mass is 252 g/mol. The largest absolute Gasteiger partial charge is 0.487 e. The van der Waals surface area contributed by atoms with Crippen molar-refractivity contribution in [1.82, 2.24) is 5.32 Å². The van der Waals surface area contributed by atoms with Crippen molar-refractivity contribution >= 4 is 5.69 Å². The zero-order valence-electron chi connectivity index (χ0n) is 10.9. The summed E-state index contributed by atoms with van der Waals surface area (Å²) in [5.74, 6) is 0.355. The van der Waals surface area contributed by atoms with Gasteiger partial charge >= 0.3 is 5.69 Å².